The smallest absolute Gasteiger partial charge is 0.275 e. The summed E-state index contributed by atoms with van der Waals surface area (Å²) in [5.74, 6) is 0. The molecule has 18 heavy (non-hydrogen) atoms. The molecule has 0 heterocycles. The lowest BCUT2D eigenvalue weighted by Gasteiger charge is -2.07. The van der Waals surface area contributed by atoms with Crippen LogP contribution in [-0.2, 0) is 10.0 Å². The molecular formula is C9H11ClN2O5S. The Morgan fingerprint density at radius 3 is 2.61 bits per heavy atom. The van der Waals surface area contributed by atoms with Crippen molar-refractivity contribution >= 4 is 27.3 Å². The minimum Gasteiger partial charge on any atom is -0.395 e. The normalized spacial score (nSPS) is 11.5. The molecule has 0 aromatic heterocycles. The second-order valence-corrected chi connectivity index (χ2v) is 5.60. The standard InChI is InChI=1S/C9H11ClN2O5S/c1-6-8(10)4-7(5-9(6)12(14)15)18(16,17)11-2-3-13/h4-5,11,13H,2-3H2,1H3. The summed E-state index contributed by atoms with van der Waals surface area (Å²) in [7, 11) is -3.92. The number of halogens is 1. The summed E-state index contributed by atoms with van der Waals surface area (Å²) in [6.45, 7) is 0.876. The van der Waals surface area contributed by atoms with Crippen LogP contribution in [0.4, 0.5) is 5.69 Å². The van der Waals surface area contributed by atoms with Crippen molar-refractivity contribution in [2.24, 2.45) is 0 Å². The number of rotatable bonds is 5. The molecule has 0 aliphatic rings. The van der Waals surface area contributed by atoms with Gasteiger partial charge in [-0.1, -0.05) is 11.6 Å². The lowest BCUT2D eigenvalue weighted by molar-refractivity contribution is -0.385. The van der Waals surface area contributed by atoms with Gasteiger partial charge >= 0.3 is 0 Å². The number of nitro benzene ring substituents is 1. The second-order valence-electron chi connectivity index (χ2n) is 3.43. The van der Waals surface area contributed by atoms with Gasteiger partial charge in [0.15, 0.2) is 0 Å². The molecular weight excluding hydrogens is 284 g/mol. The van der Waals surface area contributed by atoms with Crippen LogP contribution in [0.1, 0.15) is 5.56 Å². The van der Waals surface area contributed by atoms with E-state index in [0.717, 1.165) is 12.1 Å². The fourth-order valence-electron chi connectivity index (χ4n) is 1.25. The van der Waals surface area contributed by atoms with Gasteiger partial charge in [-0.2, -0.15) is 0 Å². The second kappa shape index (κ2) is 5.61. The Bertz CT molecular complexity index is 573. The molecule has 0 atom stereocenters. The molecule has 1 aromatic carbocycles. The number of sulfonamides is 1. The first-order chi connectivity index (χ1) is 8.29. The van der Waals surface area contributed by atoms with Gasteiger partial charge in [0, 0.05) is 18.2 Å². The first-order valence-electron chi connectivity index (χ1n) is 4.84. The van der Waals surface area contributed by atoms with Gasteiger partial charge in [0.25, 0.3) is 5.69 Å². The summed E-state index contributed by atoms with van der Waals surface area (Å²) >= 11 is 5.76. The zero-order valence-corrected chi connectivity index (χ0v) is 11.0. The van der Waals surface area contributed by atoms with Crippen molar-refractivity contribution in [3.8, 4) is 0 Å². The van der Waals surface area contributed by atoms with E-state index in [1.807, 2.05) is 0 Å². The van der Waals surface area contributed by atoms with Gasteiger partial charge in [0.05, 0.1) is 21.4 Å². The molecule has 0 saturated carbocycles. The van der Waals surface area contributed by atoms with Gasteiger partial charge in [-0.25, -0.2) is 13.1 Å². The average Bonchev–Trinajstić information content (AvgIpc) is 2.29. The van der Waals surface area contributed by atoms with Crippen LogP contribution in [0.2, 0.25) is 5.02 Å². The van der Waals surface area contributed by atoms with E-state index in [9.17, 15) is 18.5 Å². The van der Waals surface area contributed by atoms with Crippen molar-refractivity contribution in [1.29, 1.82) is 0 Å². The van der Waals surface area contributed by atoms with E-state index in [2.05, 4.69) is 4.72 Å². The van der Waals surface area contributed by atoms with E-state index in [1.54, 1.807) is 0 Å². The van der Waals surface area contributed by atoms with Crippen LogP contribution in [0.3, 0.4) is 0 Å². The fourth-order valence-corrected chi connectivity index (χ4v) is 2.59. The summed E-state index contributed by atoms with van der Waals surface area (Å²) < 4.78 is 25.5. The maximum Gasteiger partial charge on any atom is 0.275 e. The average molecular weight is 295 g/mol. The van der Waals surface area contributed by atoms with Crippen LogP contribution in [-0.4, -0.2) is 31.6 Å². The Balaban J connectivity index is 3.31. The van der Waals surface area contributed by atoms with E-state index in [4.69, 9.17) is 16.7 Å². The Hall–Kier alpha value is -1.22. The van der Waals surface area contributed by atoms with Crippen molar-refractivity contribution < 1.29 is 18.4 Å². The Morgan fingerprint density at radius 2 is 2.11 bits per heavy atom. The summed E-state index contributed by atoms with van der Waals surface area (Å²) in [5, 5.41) is 19.3. The van der Waals surface area contributed by atoms with Crippen molar-refractivity contribution in [1.82, 2.24) is 4.72 Å². The van der Waals surface area contributed by atoms with E-state index in [1.165, 1.54) is 6.92 Å². The van der Waals surface area contributed by atoms with Gasteiger partial charge in [-0.3, -0.25) is 10.1 Å². The minimum atomic E-state index is -3.92. The number of nitrogens with one attached hydrogen (secondary N) is 1. The highest BCUT2D eigenvalue weighted by atomic mass is 35.5. The third kappa shape index (κ3) is 3.16. The van der Waals surface area contributed by atoms with Crippen LogP contribution in [0.15, 0.2) is 17.0 Å². The largest absolute Gasteiger partial charge is 0.395 e. The maximum absolute atomic E-state index is 11.7. The predicted molar refractivity (Wildman–Crippen MR) is 65.1 cm³/mol. The lowest BCUT2D eigenvalue weighted by atomic mass is 10.2. The van der Waals surface area contributed by atoms with Crippen LogP contribution in [0.25, 0.3) is 0 Å². The number of hydrogen-bond donors (Lipinski definition) is 2. The molecule has 1 aromatic rings. The Kier molecular flexibility index (Phi) is 4.63. The Labute approximate surface area is 109 Å². The monoisotopic (exact) mass is 294 g/mol. The van der Waals surface area contributed by atoms with E-state index in [-0.39, 0.29) is 34.3 Å². The van der Waals surface area contributed by atoms with Crippen molar-refractivity contribution in [2.75, 3.05) is 13.2 Å². The van der Waals surface area contributed by atoms with E-state index < -0.39 is 14.9 Å². The molecule has 0 spiro atoms. The number of benzene rings is 1. The molecule has 0 saturated heterocycles. The molecule has 0 unspecified atom stereocenters. The van der Waals surface area contributed by atoms with Gasteiger partial charge in [0.2, 0.25) is 10.0 Å². The molecule has 9 heteroatoms. The van der Waals surface area contributed by atoms with Crippen molar-refractivity contribution in [3.63, 3.8) is 0 Å². The van der Waals surface area contributed by atoms with E-state index in [0.29, 0.717) is 0 Å². The third-order valence-electron chi connectivity index (χ3n) is 2.20. The van der Waals surface area contributed by atoms with Gasteiger partial charge < -0.3 is 5.11 Å². The molecule has 0 bridgehead atoms. The molecule has 0 radical (unpaired) electrons. The molecule has 100 valence electrons. The SMILES string of the molecule is Cc1c(Cl)cc(S(=O)(=O)NCCO)cc1[N+](=O)[O-]. The number of aliphatic hydroxyl groups excluding tert-OH is 1. The molecule has 0 aliphatic heterocycles. The van der Waals surface area contributed by atoms with E-state index >= 15 is 0 Å². The van der Waals surface area contributed by atoms with Gasteiger partial charge in [0.1, 0.15) is 0 Å². The van der Waals surface area contributed by atoms with Crippen LogP contribution in [0.5, 0.6) is 0 Å². The van der Waals surface area contributed by atoms with Crippen LogP contribution < -0.4 is 4.72 Å². The van der Waals surface area contributed by atoms with Gasteiger partial charge in [-0.15, -0.1) is 0 Å². The number of aliphatic hydroxyl groups is 1. The lowest BCUT2D eigenvalue weighted by Crippen LogP contribution is -2.26. The minimum absolute atomic E-state index is 0.00595. The molecule has 2 N–H and O–H groups in total. The highest BCUT2D eigenvalue weighted by Gasteiger charge is 2.21. The van der Waals surface area contributed by atoms with Crippen molar-refractivity contribution in [2.45, 2.75) is 11.8 Å². The Morgan fingerprint density at radius 1 is 1.50 bits per heavy atom. The number of hydrogen-bond acceptors (Lipinski definition) is 5. The molecule has 1 rings (SSSR count). The zero-order valence-electron chi connectivity index (χ0n) is 9.38. The fraction of sp³-hybridized carbons (Fsp3) is 0.333. The highest BCUT2D eigenvalue weighted by Crippen LogP contribution is 2.29. The van der Waals surface area contributed by atoms with Crippen molar-refractivity contribution in [3.05, 3.63) is 32.8 Å². The first kappa shape index (κ1) is 14.8. The maximum atomic E-state index is 11.7. The van der Waals surface area contributed by atoms with Gasteiger partial charge in [-0.05, 0) is 13.0 Å². The molecule has 0 aliphatic carbocycles. The third-order valence-corrected chi connectivity index (χ3v) is 4.03. The zero-order chi connectivity index (χ0) is 13.9. The quantitative estimate of drug-likeness (QED) is 0.617. The topological polar surface area (TPSA) is 110 Å². The van der Waals surface area contributed by atoms with Crippen LogP contribution in [0, 0.1) is 17.0 Å². The number of nitro groups is 1. The molecule has 0 amide bonds. The first-order valence-corrected chi connectivity index (χ1v) is 6.70. The molecule has 0 fully saturated rings. The summed E-state index contributed by atoms with van der Waals surface area (Å²) in [4.78, 5) is 9.75. The number of nitrogens with zero attached hydrogens (tertiary/aromatic N) is 1. The molecule has 7 nitrogen and oxygen atoms in total. The highest BCUT2D eigenvalue weighted by molar-refractivity contribution is 7.89. The van der Waals surface area contributed by atoms with Crippen LogP contribution >= 0.6 is 11.6 Å². The predicted octanol–water partition coefficient (Wildman–Crippen LogP) is 0.827. The summed E-state index contributed by atoms with van der Waals surface area (Å²) in [6.07, 6.45) is 0. The summed E-state index contributed by atoms with van der Waals surface area (Å²) in [5.41, 5.74) is -0.172. The summed E-state index contributed by atoms with van der Waals surface area (Å²) in [6, 6.07) is 2.06.